The second kappa shape index (κ2) is 7.72. The van der Waals surface area contributed by atoms with Crippen LogP contribution in [0.15, 0.2) is 54.6 Å². The summed E-state index contributed by atoms with van der Waals surface area (Å²) in [7, 11) is 0. The second-order valence-electron chi connectivity index (χ2n) is 7.75. The van der Waals surface area contributed by atoms with E-state index in [2.05, 4.69) is 9.88 Å². The van der Waals surface area contributed by atoms with E-state index >= 15 is 0 Å². The number of carbonyl (C=O) groups is 2. The van der Waals surface area contributed by atoms with Crippen LogP contribution in [0.25, 0.3) is 10.9 Å². The molecule has 28 heavy (non-hydrogen) atoms. The van der Waals surface area contributed by atoms with Crippen LogP contribution in [0.3, 0.4) is 0 Å². The van der Waals surface area contributed by atoms with Gasteiger partial charge in [-0.2, -0.15) is 0 Å². The molecule has 4 nitrogen and oxygen atoms in total. The van der Waals surface area contributed by atoms with Gasteiger partial charge in [-0.15, -0.1) is 0 Å². The van der Waals surface area contributed by atoms with Crippen LogP contribution < -0.4 is 0 Å². The zero-order chi connectivity index (χ0) is 19.7. The Labute approximate surface area is 165 Å². The Hall–Kier alpha value is -2.72. The van der Waals surface area contributed by atoms with Crippen LogP contribution in [-0.2, 0) is 0 Å². The lowest BCUT2D eigenvalue weighted by Gasteiger charge is -2.35. The average Bonchev–Trinajstić information content (AvgIpc) is 3.08. The van der Waals surface area contributed by atoms with Crippen LogP contribution in [0.1, 0.15) is 46.2 Å². The molecule has 0 radical (unpaired) electrons. The first-order valence-corrected chi connectivity index (χ1v) is 10.0. The first-order chi connectivity index (χ1) is 13.6. The van der Waals surface area contributed by atoms with Crippen molar-refractivity contribution in [2.45, 2.75) is 32.7 Å². The minimum absolute atomic E-state index is 0.0516. The summed E-state index contributed by atoms with van der Waals surface area (Å²) in [6, 6.07) is 17.3. The maximum absolute atomic E-state index is 13.2. The van der Waals surface area contributed by atoms with Crippen molar-refractivity contribution in [3.05, 3.63) is 71.4 Å². The molecule has 2 aromatic carbocycles. The molecule has 1 saturated heterocycles. The number of aromatic nitrogens is 1. The number of benzene rings is 2. The van der Waals surface area contributed by atoms with Gasteiger partial charge in [-0.1, -0.05) is 48.5 Å². The van der Waals surface area contributed by atoms with Crippen LogP contribution >= 0.6 is 0 Å². The number of nitrogens with zero attached hydrogens (tertiary/aromatic N) is 1. The molecular formula is C24H26N2O2. The number of rotatable bonds is 5. The summed E-state index contributed by atoms with van der Waals surface area (Å²) in [6.07, 6.45) is 1.61. The fourth-order valence-corrected chi connectivity index (χ4v) is 4.36. The largest absolute Gasteiger partial charge is 0.358 e. The molecule has 4 rings (SSSR count). The predicted molar refractivity (Wildman–Crippen MR) is 112 cm³/mol. The van der Waals surface area contributed by atoms with Gasteiger partial charge in [-0.3, -0.25) is 14.5 Å². The van der Waals surface area contributed by atoms with Gasteiger partial charge in [-0.05, 0) is 45.8 Å². The summed E-state index contributed by atoms with van der Waals surface area (Å²) >= 11 is 0. The van der Waals surface area contributed by atoms with E-state index in [1.807, 2.05) is 68.4 Å². The Morgan fingerprint density at radius 1 is 1.00 bits per heavy atom. The van der Waals surface area contributed by atoms with Crippen LogP contribution in [0, 0.1) is 12.8 Å². The maximum Gasteiger partial charge on any atom is 0.182 e. The molecule has 2 heterocycles. The van der Waals surface area contributed by atoms with Crippen molar-refractivity contribution in [1.29, 1.82) is 0 Å². The first-order valence-electron chi connectivity index (χ1n) is 10.0. The molecule has 0 bridgehead atoms. The third-order valence-corrected chi connectivity index (χ3v) is 6.03. The maximum atomic E-state index is 13.2. The summed E-state index contributed by atoms with van der Waals surface area (Å²) in [6.45, 7) is 5.50. The van der Waals surface area contributed by atoms with E-state index in [1.54, 1.807) is 0 Å². The zero-order valence-corrected chi connectivity index (χ0v) is 16.4. The smallest absolute Gasteiger partial charge is 0.182 e. The van der Waals surface area contributed by atoms with Crippen molar-refractivity contribution >= 4 is 22.5 Å². The number of aromatic amines is 1. The quantitative estimate of drug-likeness (QED) is 0.662. The molecule has 3 aromatic rings. The Balaban J connectivity index is 1.45. The highest BCUT2D eigenvalue weighted by atomic mass is 16.1. The van der Waals surface area contributed by atoms with E-state index < -0.39 is 0 Å². The molecule has 1 N–H and O–H groups in total. The number of fused-ring (bicyclic) bond motifs is 1. The van der Waals surface area contributed by atoms with Crippen molar-refractivity contribution < 1.29 is 9.59 Å². The van der Waals surface area contributed by atoms with Gasteiger partial charge in [0.05, 0.1) is 6.04 Å². The van der Waals surface area contributed by atoms with Gasteiger partial charge in [0, 0.05) is 33.6 Å². The van der Waals surface area contributed by atoms with Crippen LogP contribution in [0.4, 0.5) is 0 Å². The van der Waals surface area contributed by atoms with E-state index in [9.17, 15) is 9.59 Å². The molecule has 0 amide bonds. The number of H-pyrrole nitrogens is 1. The average molecular weight is 374 g/mol. The van der Waals surface area contributed by atoms with Gasteiger partial charge in [0.1, 0.15) is 0 Å². The van der Waals surface area contributed by atoms with Gasteiger partial charge in [-0.25, -0.2) is 0 Å². The molecule has 1 fully saturated rings. The zero-order valence-electron chi connectivity index (χ0n) is 16.4. The number of carbonyl (C=O) groups excluding carboxylic acids is 2. The molecule has 1 aliphatic rings. The number of likely N-dealkylation sites (tertiary alicyclic amines) is 1. The molecular weight excluding hydrogens is 348 g/mol. The minimum Gasteiger partial charge on any atom is -0.358 e. The molecule has 1 atom stereocenters. The number of Topliss-reactive ketones (excluding diaryl/α,β-unsaturated/α-hetero) is 2. The number of piperidine rings is 1. The molecule has 1 aliphatic heterocycles. The Morgan fingerprint density at radius 2 is 1.64 bits per heavy atom. The third-order valence-electron chi connectivity index (χ3n) is 6.03. The van der Waals surface area contributed by atoms with Gasteiger partial charge >= 0.3 is 0 Å². The fraction of sp³-hybridized carbons (Fsp3) is 0.333. The summed E-state index contributed by atoms with van der Waals surface area (Å²) in [5.74, 6) is 0.435. The Morgan fingerprint density at radius 3 is 2.36 bits per heavy atom. The number of nitrogens with one attached hydrogen (secondary N) is 1. The van der Waals surface area contributed by atoms with Gasteiger partial charge in [0.15, 0.2) is 11.6 Å². The summed E-state index contributed by atoms with van der Waals surface area (Å²) < 4.78 is 0. The van der Waals surface area contributed by atoms with Crippen molar-refractivity contribution in [3.8, 4) is 0 Å². The standard InChI is InChI=1S/C24H26N2O2/c1-16-22(20-10-6-7-11-21(20)25-16)23(27)17(2)26-14-12-19(13-15-26)24(28)18-8-4-3-5-9-18/h3-11,17,19,25H,12-15H2,1-2H3. The van der Waals surface area contributed by atoms with E-state index in [-0.39, 0.29) is 23.5 Å². The molecule has 4 heteroatoms. The van der Waals surface area contributed by atoms with Crippen molar-refractivity contribution in [1.82, 2.24) is 9.88 Å². The van der Waals surface area contributed by atoms with E-state index in [4.69, 9.17) is 0 Å². The minimum atomic E-state index is -0.189. The van der Waals surface area contributed by atoms with Crippen molar-refractivity contribution in [2.24, 2.45) is 5.92 Å². The predicted octanol–water partition coefficient (Wildman–Crippen LogP) is 4.64. The Bertz CT molecular complexity index is 998. The normalized spacial score (nSPS) is 16.9. The molecule has 0 saturated carbocycles. The topological polar surface area (TPSA) is 53.2 Å². The van der Waals surface area contributed by atoms with E-state index in [0.29, 0.717) is 0 Å². The number of hydrogen-bond donors (Lipinski definition) is 1. The number of hydrogen-bond acceptors (Lipinski definition) is 3. The summed E-state index contributed by atoms with van der Waals surface area (Å²) in [5, 5.41) is 0.992. The van der Waals surface area contributed by atoms with Gasteiger partial charge in [0.25, 0.3) is 0 Å². The second-order valence-corrected chi connectivity index (χ2v) is 7.75. The lowest BCUT2D eigenvalue weighted by Crippen LogP contribution is -2.45. The first kappa shape index (κ1) is 18.6. The van der Waals surface area contributed by atoms with Crippen LogP contribution in [-0.4, -0.2) is 40.6 Å². The SMILES string of the molecule is Cc1[nH]c2ccccc2c1C(=O)C(C)N1CCC(C(=O)c2ccccc2)CC1. The number of ketones is 2. The highest BCUT2D eigenvalue weighted by Crippen LogP contribution is 2.27. The molecule has 1 aromatic heterocycles. The molecule has 1 unspecified atom stereocenters. The summed E-state index contributed by atoms with van der Waals surface area (Å²) in [5.41, 5.74) is 3.51. The van der Waals surface area contributed by atoms with Crippen LogP contribution in [0.2, 0.25) is 0 Å². The molecule has 0 spiro atoms. The number of para-hydroxylation sites is 1. The summed E-state index contributed by atoms with van der Waals surface area (Å²) in [4.78, 5) is 31.5. The van der Waals surface area contributed by atoms with Gasteiger partial charge in [0.2, 0.25) is 0 Å². The highest BCUT2D eigenvalue weighted by molar-refractivity contribution is 6.11. The fourth-order valence-electron chi connectivity index (χ4n) is 4.36. The lowest BCUT2D eigenvalue weighted by atomic mass is 9.88. The Kier molecular flexibility index (Phi) is 5.14. The van der Waals surface area contributed by atoms with E-state index in [1.165, 1.54) is 0 Å². The third kappa shape index (κ3) is 3.40. The number of aryl methyl sites for hydroxylation is 1. The van der Waals surface area contributed by atoms with Crippen molar-refractivity contribution in [3.63, 3.8) is 0 Å². The van der Waals surface area contributed by atoms with Crippen molar-refractivity contribution in [2.75, 3.05) is 13.1 Å². The highest BCUT2D eigenvalue weighted by Gasteiger charge is 2.31. The van der Waals surface area contributed by atoms with E-state index in [0.717, 1.165) is 53.7 Å². The lowest BCUT2D eigenvalue weighted by molar-refractivity contribution is 0.0714. The van der Waals surface area contributed by atoms with Gasteiger partial charge < -0.3 is 4.98 Å². The van der Waals surface area contributed by atoms with Crippen LogP contribution in [0.5, 0.6) is 0 Å². The molecule has 0 aliphatic carbocycles. The molecule has 144 valence electrons. The monoisotopic (exact) mass is 374 g/mol.